The van der Waals surface area contributed by atoms with E-state index in [2.05, 4.69) is 59.5 Å². The van der Waals surface area contributed by atoms with Gasteiger partial charge >= 0.3 is 0 Å². The van der Waals surface area contributed by atoms with E-state index < -0.39 is 0 Å². The van der Waals surface area contributed by atoms with Crippen molar-refractivity contribution in [3.05, 3.63) is 71.1 Å². The Labute approximate surface area is 184 Å². The SMILES string of the molecule is CN(C)C(c1ccccc1)C1CCC(CCc2nc(-c3ccc(Cl)cc3)no2)CC1. The zero-order chi connectivity index (χ0) is 20.9. The van der Waals surface area contributed by atoms with Gasteiger partial charge in [0.1, 0.15) is 0 Å². The molecule has 4 rings (SSSR count). The molecule has 0 spiro atoms. The number of hydrogen-bond donors (Lipinski definition) is 0. The fourth-order valence-corrected chi connectivity index (χ4v) is 4.96. The molecule has 0 saturated heterocycles. The highest BCUT2D eigenvalue weighted by Gasteiger charge is 2.30. The summed E-state index contributed by atoms with van der Waals surface area (Å²) < 4.78 is 5.49. The molecular weight excluding hydrogens is 394 g/mol. The van der Waals surface area contributed by atoms with Gasteiger partial charge in [0, 0.05) is 23.0 Å². The predicted octanol–water partition coefficient (Wildman–Crippen LogP) is 6.43. The highest BCUT2D eigenvalue weighted by molar-refractivity contribution is 6.30. The average molecular weight is 424 g/mol. The number of aryl methyl sites for hydroxylation is 1. The van der Waals surface area contributed by atoms with E-state index in [0.717, 1.165) is 36.1 Å². The molecule has 2 aromatic carbocycles. The molecule has 1 aromatic heterocycles. The van der Waals surface area contributed by atoms with Crippen molar-refractivity contribution in [2.75, 3.05) is 14.1 Å². The van der Waals surface area contributed by atoms with Gasteiger partial charge in [-0.05, 0) is 75.0 Å². The van der Waals surface area contributed by atoms with Gasteiger partial charge in [-0.25, -0.2) is 0 Å². The first-order chi connectivity index (χ1) is 14.6. The van der Waals surface area contributed by atoms with Gasteiger partial charge in [0.25, 0.3) is 0 Å². The van der Waals surface area contributed by atoms with E-state index in [4.69, 9.17) is 16.1 Å². The van der Waals surface area contributed by atoms with Crippen LogP contribution in [0.5, 0.6) is 0 Å². The Morgan fingerprint density at radius 1 is 1.00 bits per heavy atom. The minimum absolute atomic E-state index is 0.505. The van der Waals surface area contributed by atoms with Crippen molar-refractivity contribution >= 4 is 11.6 Å². The zero-order valence-corrected chi connectivity index (χ0v) is 18.6. The van der Waals surface area contributed by atoms with Gasteiger partial charge in [-0.3, -0.25) is 0 Å². The fourth-order valence-electron chi connectivity index (χ4n) is 4.84. The van der Waals surface area contributed by atoms with Crippen LogP contribution in [-0.4, -0.2) is 29.1 Å². The first kappa shape index (κ1) is 21.1. The van der Waals surface area contributed by atoms with E-state index in [1.165, 1.54) is 31.2 Å². The van der Waals surface area contributed by atoms with Crippen molar-refractivity contribution in [1.82, 2.24) is 15.0 Å². The number of aromatic nitrogens is 2. The third kappa shape index (κ3) is 5.11. The molecular formula is C25H30ClN3O. The van der Waals surface area contributed by atoms with Crippen LogP contribution in [0.4, 0.5) is 0 Å². The first-order valence-corrected chi connectivity index (χ1v) is 11.3. The molecule has 158 valence electrons. The Kier molecular flexibility index (Phi) is 6.86. The van der Waals surface area contributed by atoms with Crippen LogP contribution >= 0.6 is 11.6 Å². The van der Waals surface area contributed by atoms with Crippen LogP contribution < -0.4 is 0 Å². The van der Waals surface area contributed by atoms with Crippen molar-refractivity contribution in [3.63, 3.8) is 0 Å². The van der Waals surface area contributed by atoms with Gasteiger partial charge in [0.05, 0.1) is 0 Å². The minimum Gasteiger partial charge on any atom is -0.339 e. The summed E-state index contributed by atoms with van der Waals surface area (Å²) >= 11 is 5.95. The second kappa shape index (κ2) is 9.76. The number of rotatable bonds is 7. The van der Waals surface area contributed by atoms with Gasteiger partial charge in [-0.15, -0.1) is 0 Å². The molecule has 5 heteroatoms. The molecule has 1 saturated carbocycles. The first-order valence-electron chi connectivity index (χ1n) is 10.9. The Bertz CT molecular complexity index is 915. The lowest BCUT2D eigenvalue weighted by molar-refractivity contribution is 0.145. The minimum atomic E-state index is 0.505. The van der Waals surface area contributed by atoms with Crippen LogP contribution in [0.3, 0.4) is 0 Å². The van der Waals surface area contributed by atoms with Gasteiger partial charge in [0.15, 0.2) is 0 Å². The van der Waals surface area contributed by atoms with Gasteiger partial charge in [-0.2, -0.15) is 4.98 Å². The average Bonchev–Trinajstić information content (AvgIpc) is 3.23. The van der Waals surface area contributed by atoms with Gasteiger partial charge < -0.3 is 9.42 Å². The molecule has 1 atom stereocenters. The van der Waals surface area contributed by atoms with Crippen molar-refractivity contribution in [2.45, 2.75) is 44.6 Å². The van der Waals surface area contributed by atoms with E-state index >= 15 is 0 Å². The lowest BCUT2D eigenvalue weighted by Crippen LogP contribution is -2.30. The maximum Gasteiger partial charge on any atom is 0.226 e. The summed E-state index contributed by atoms with van der Waals surface area (Å²) in [6.45, 7) is 0. The van der Waals surface area contributed by atoms with Crippen LogP contribution in [0.1, 0.15) is 49.6 Å². The summed E-state index contributed by atoms with van der Waals surface area (Å²) in [6.07, 6.45) is 7.09. The summed E-state index contributed by atoms with van der Waals surface area (Å²) in [5.74, 6) is 2.84. The van der Waals surface area contributed by atoms with Gasteiger partial charge in [0.2, 0.25) is 11.7 Å². The number of halogens is 1. The van der Waals surface area contributed by atoms with Crippen LogP contribution in [0.2, 0.25) is 5.02 Å². The third-order valence-electron chi connectivity index (χ3n) is 6.37. The highest BCUT2D eigenvalue weighted by atomic mass is 35.5. The quantitative estimate of drug-likeness (QED) is 0.439. The van der Waals surface area contributed by atoms with Gasteiger partial charge in [-0.1, -0.05) is 59.9 Å². The molecule has 1 fully saturated rings. The predicted molar refractivity (Wildman–Crippen MR) is 121 cm³/mol. The molecule has 1 aliphatic rings. The molecule has 0 amide bonds. The summed E-state index contributed by atoms with van der Waals surface area (Å²) in [5, 5.41) is 4.84. The molecule has 0 radical (unpaired) electrons. The van der Waals surface area contributed by atoms with Crippen LogP contribution in [0.25, 0.3) is 11.4 Å². The second-order valence-electron chi connectivity index (χ2n) is 8.66. The molecule has 0 N–H and O–H groups in total. The standard InChI is InChI=1S/C25H30ClN3O/c1-29(2)24(19-6-4-3-5-7-19)20-11-8-18(9-12-20)10-17-23-27-25(28-30-23)21-13-15-22(26)16-14-21/h3-7,13-16,18,20,24H,8-12,17H2,1-2H3. The van der Waals surface area contributed by atoms with Crippen LogP contribution in [0.15, 0.2) is 59.1 Å². The topological polar surface area (TPSA) is 42.2 Å². The molecule has 1 aliphatic carbocycles. The van der Waals surface area contributed by atoms with E-state index in [0.29, 0.717) is 16.9 Å². The Balaban J connectivity index is 1.29. The zero-order valence-electron chi connectivity index (χ0n) is 17.8. The maximum atomic E-state index is 5.95. The second-order valence-corrected chi connectivity index (χ2v) is 9.09. The van der Waals surface area contributed by atoms with Crippen molar-refractivity contribution < 1.29 is 4.52 Å². The summed E-state index contributed by atoms with van der Waals surface area (Å²) in [5.41, 5.74) is 2.37. The number of benzene rings is 2. The molecule has 0 aliphatic heterocycles. The lowest BCUT2D eigenvalue weighted by atomic mass is 9.75. The monoisotopic (exact) mass is 423 g/mol. The smallest absolute Gasteiger partial charge is 0.226 e. The Hall–Kier alpha value is -2.17. The van der Waals surface area contributed by atoms with Crippen molar-refractivity contribution in [1.29, 1.82) is 0 Å². The third-order valence-corrected chi connectivity index (χ3v) is 6.62. The largest absolute Gasteiger partial charge is 0.339 e. The highest BCUT2D eigenvalue weighted by Crippen LogP contribution is 2.40. The molecule has 3 aromatic rings. The summed E-state index contributed by atoms with van der Waals surface area (Å²) in [7, 11) is 4.41. The molecule has 30 heavy (non-hydrogen) atoms. The van der Waals surface area contributed by atoms with E-state index in [1.54, 1.807) is 0 Å². The normalized spacial score (nSPS) is 20.4. The number of nitrogens with zero attached hydrogens (tertiary/aromatic N) is 3. The molecule has 0 bridgehead atoms. The maximum absolute atomic E-state index is 5.95. The summed E-state index contributed by atoms with van der Waals surface area (Å²) in [4.78, 5) is 6.96. The fraction of sp³-hybridized carbons (Fsp3) is 0.440. The van der Waals surface area contributed by atoms with E-state index in [-0.39, 0.29) is 0 Å². The molecule has 1 heterocycles. The van der Waals surface area contributed by atoms with E-state index in [1.807, 2.05) is 24.3 Å². The van der Waals surface area contributed by atoms with Crippen LogP contribution in [-0.2, 0) is 6.42 Å². The van der Waals surface area contributed by atoms with Crippen LogP contribution in [0, 0.1) is 11.8 Å². The van der Waals surface area contributed by atoms with E-state index in [9.17, 15) is 0 Å². The lowest BCUT2D eigenvalue weighted by Gasteiger charge is -2.37. The number of hydrogen-bond acceptors (Lipinski definition) is 4. The molecule has 4 nitrogen and oxygen atoms in total. The van der Waals surface area contributed by atoms with Crippen molar-refractivity contribution in [2.24, 2.45) is 11.8 Å². The van der Waals surface area contributed by atoms with Crippen molar-refractivity contribution in [3.8, 4) is 11.4 Å². The summed E-state index contributed by atoms with van der Waals surface area (Å²) in [6, 6.07) is 19.0. The molecule has 1 unspecified atom stereocenters. The Morgan fingerprint density at radius 2 is 1.70 bits per heavy atom. The Morgan fingerprint density at radius 3 is 2.37 bits per heavy atom.